The number of Topliss-reactive ketones (excluding diaryl/α,β-unsaturated/α-hetero) is 2. The van der Waals surface area contributed by atoms with Gasteiger partial charge in [0.2, 0.25) is 6.29 Å². The molecule has 0 aromatic carbocycles. The van der Waals surface area contributed by atoms with Gasteiger partial charge in [0.15, 0.2) is 5.78 Å². The molecule has 0 spiro atoms. The number of carbonyl (C=O) groups is 2. The monoisotopic (exact) mass is 302 g/mol. The van der Waals surface area contributed by atoms with Crippen molar-refractivity contribution in [3.8, 4) is 0 Å². The molecule has 22 heavy (non-hydrogen) atoms. The van der Waals surface area contributed by atoms with Crippen LogP contribution in [0.15, 0.2) is 0 Å². The molecular formula is C18H22O4. The number of ether oxygens (including phenoxy) is 2. The average molecular weight is 302 g/mol. The van der Waals surface area contributed by atoms with Crippen molar-refractivity contribution >= 4 is 11.6 Å². The van der Waals surface area contributed by atoms with E-state index in [1.165, 1.54) is 19.3 Å². The van der Waals surface area contributed by atoms with Gasteiger partial charge in [0, 0.05) is 23.2 Å². The summed E-state index contributed by atoms with van der Waals surface area (Å²) < 4.78 is 11.0. The molecule has 0 radical (unpaired) electrons. The second-order valence-corrected chi connectivity index (χ2v) is 8.93. The van der Waals surface area contributed by atoms with Gasteiger partial charge in [-0.3, -0.25) is 9.59 Å². The fourth-order valence-electron chi connectivity index (χ4n) is 7.20. The minimum atomic E-state index is -0.666. The van der Waals surface area contributed by atoms with Crippen LogP contribution in [-0.4, -0.2) is 30.6 Å². The lowest BCUT2D eigenvalue weighted by atomic mass is 9.48. The Morgan fingerprint density at radius 3 is 2.32 bits per heavy atom. The van der Waals surface area contributed by atoms with Crippen molar-refractivity contribution < 1.29 is 19.1 Å². The number of ketones is 2. The largest absolute Gasteiger partial charge is 0.343 e. The van der Waals surface area contributed by atoms with Crippen molar-refractivity contribution in [2.45, 2.75) is 50.9 Å². The lowest BCUT2D eigenvalue weighted by molar-refractivity contribution is -0.154. The third-order valence-corrected chi connectivity index (χ3v) is 7.64. The lowest BCUT2D eigenvalue weighted by Gasteiger charge is -2.56. The molecule has 4 nitrogen and oxygen atoms in total. The third kappa shape index (κ3) is 1.42. The molecule has 4 heteroatoms. The van der Waals surface area contributed by atoms with Crippen LogP contribution in [0.4, 0.5) is 0 Å². The molecule has 6 bridgehead atoms. The fraction of sp³-hybridized carbons (Fsp3) is 0.889. The summed E-state index contributed by atoms with van der Waals surface area (Å²) in [6, 6.07) is 0. The van der Waals surface area contributed by atoms with Gasteiger partial charge in [-0.15, -0.1) is 0 Å². The SMILES string of the molecule is O=C1[C@H]2OC[C@@H](O2)[C@@H]2[C@H]1[C@@H]2C(=O)C12CC3CC(CC(C3)C1)C2. The van der Waals surface area contributed by atoms with Crippen LogP contribution in [0.3, 0.4) is 0 Å². The fourth-order valence-corrected chi connectivity index (χ4v) is 7.20. The van der Waals surface area contributed by atoms with Crippen molar-refractivity contribution in [2.75, 3.05) is 6.61 Å². The third-order valence-electron chi connectivity index (χ3n) is 7.64. The lowest BCUT2D eigenvalue weighted by Crippen LogP contribution is -2.50. The molecule has 7 aliphatic rings. The van der Waals surface area contributed by atoms with E-state index in [9.17, 15) is 9.59 Å². The normalized spacial score (nSPS) is 60.5. The molecule has 0 N–H and O–H groups in total. The summed E-state index contributed by atoms with van der Waals surface area (Å²) in [5.74, 6) is 2.84. The molecular weight excluding hydrogens is 280 g/mol. The van der Waals surface area contributed by atoms with E-state index in [2.05, 4.69) is 0 Å². The van der Waals surface area contributed by atoms with E-state index >= 15 is 0 Å². The van der Waals surface area contributed by atoms with E-state index in [4.69, 9.17) is 9.47 Å². The molecule has 2 aliphatic heterocycles. The van der Waals surface area contributed by atoms with Gasteiger partial charge < -0.3 is 9.47 Å². The topological polar surface area (TPSA) is 52.6 Å². The minimum Gasteiger partial charge on any atom is -0.343 e. The van der Waals surface area contributed by atoms with Gasteiger partial charge >= 0.3 is 0 Å². The summed E-state index contributed by atoms with van der Waals surface area (Å²) in [7, 11) is 0. The summed E-state index contributed by atoms with van der Waals surface area (Å²) in [4.78, 5) is 25.8. The highest BCUT2D eigenvalue weighted by Crippen LogP contribution is 2.65. The Kier molecular flexibility index (Phi) is 2.21. The van der Waals surface area contributed by atoms with Crippen molar-refractivity contribution in [2.24, 2.45) is 40.9 Å². The Morgan fingerprint density at radius 2 is 1.68 bits per heavy atom. The van der Waals surface area contributed by atoms with Gasteiger partial charge in [0.1, 0.15) is 5.78 Å². The van der Waals surface area contributed by atoms with Crippen molar-refractivity contribution in [3.63, 3.8) is 0 Å². The highest BCUT2D eigenvalue weighted by atomic mass is 16.7. The quantitative estimate of drug-likeness (QED) is 0.782. The second-order valence-electron chi connectivity index (χ2n) is 8.93. The van der Waals surface area contributed by atoms with Crippen molar-refractivity contribution in [1.82, 2.24) is 0 Å². The molecule has 5 saturated carbocycles. The van der Waals surface area contributed by atoms with Crippen LogP contribution in [0.2, 0.25) is 0 Å². The summed E-state index contributed by atoms with van der Waals surface area (Å²) in [5.41, 5.74) is -0.0723. The first kappa shape index (κ1) is 12.7. The van der Waals surface area contributed by atoms with E-state index in [1.807, 2.05) is 0 Å². The van der Waals surface area contributed by atoms with E-state index in [0.717, 1.165) is 37.0 Å². The van der Waals surface area contributed by atoms with Gasteiger partial charge in [-0.05, 0) is 56.3 Å². The molecule has 118 valence electrons. The average Bonchev–Trinajstić information content (AvgIpc) is 3.07. The molecule has 5 atom stereocenters. The molecule has 0 aromatic rings. The van der Waals surface area contributed by atoms with Crippen molar-refractivity contribution in [1.29, 1.82) is 0 Å². The Hall–Kier alpha value is -0.740. The summed E-state index contributed by atoms with van der Waals surface area (Å²) in [5, 5.41) is 0. The molecule has 0 unspecified atom stereocenters. The zero-order valence-electron chi connectivity index (χ0n) is 12.7. The van der Waals surface area contributed by atoms with Crippen LogP contribution in [0.25, 0.3) is 0 Å². The summed E-state index contributed by atoms with van der Waals surface area (Å²) >= 11 is 0. The maximum atomic E-state index is 13.4. The van der Waals surface area contributed by atoms with E-state index < -0.39 is 6.29 Å². The maximum absolute atomic E-state index is 13.4. The molecule has 2 heterocycles. The molecule has 7 fully saturated rings. The zero-order chi connectivity index (χ0) is 14.6. The van der Waals surface area contributed by atoms with Crippen LogP contribution in [0, 0.1) is 40.9 Å². The molecule has 0 aromatic heterocycles. The zero-order valence-corrected chi connectivity index (χ0v) is 12.7. The number of rotatable bonds is 2. The first-order valence-electron chi connectivity index (χ1n) is 9.00. The highest BCUT2D eigenvalue weighted by molar-refractivity contribution is 6.00. The van der Waals surface area contributed by atoms with Crippen LogP contribution in [0.5, 0.6) is 0 Å². The van der Waals surface area contributed by atoms with Gasteiger partial charge in [-0.1, -0.05) is 0 Å². The predicted molar refractivity (Wildman–Crippen MR) is 75.7 cm³/mol. The molecule has 0 amide bonds. The van der Waals surface area contributed by atoms with Gasteiger partial charge in [0.25, 0.3) is 0 Å². The van der Waals surface area contributed by atoms with E-state index in [-0.39, 0.29) is 35.1 Å². The number of hydrogen-bond acceptors (Lipinski definition) is 4. The minimum absolute atomic E-state index is 0.00411. The molecule has 7 rings (SSSR count). The van der Waals surface area contributed by atoms with Crippen LogP contribution >= 0.6 is 0 Å². The van der Waals surface area contributed by atoms with Crippen LogP contribution < -0.4 is 0 Å². The van der Waals surface area contributed by atoms with Gasteiger partial charge in [0.05, 0.1) is 12.7 Å². The Labute approximate surface area is 129 Å². The second kappa shape index (κ2) is 3.84. The standard InChI is InChI=1S/C18H22O4/c19-15-13-12(11-7-21-17(15)22-11)14(13)16(20)18-4-8-1-9(5-18)3-10(2-8)6-18/h8-14,17H,1-7H2/t8?,9?,10?,11-,12-,13+,14-,17+,18?/m1/s1. The number of carbonyl (C=O) groups excluding carboxylic acids is 2. The van der Waals surface area contributed by atoms with Gasteiger partial charge in [-0.2, -0.15) is 0 Å². The van der Waals surface area contributed by atoms with E-state index in [1.54, 1.807) is 0 Å². The first-order chi connectivity index (χ1) is 10.6. The first-order valence-corrected chi connectivity index (χ1v) is 9.00. The molecule has 2 saturated heterocycles. The molecule has 5 aliphatic carbocycles. The summed E-state index contributed by atoms with van der Waals surface area (Å²) in [6.07, 6.45) is 6.70. The Bertz CT molecular complexity index is 546. The Morgan fingerprint density at radius 1 is 1.05 bits per heavy atom. The van der Waals surface area contributed by atoms with Crippen molar-refractivity contribution in [3.05, 3.63) is 0 Å². The highest BCUT2D eigenvalue weighted by Gasteiger charge is 2.71. The van der Waals surface area contributed by atoms with E-state index in [0.29, 0.717) is 12.4 Å². The smallest absolute Gasteiger partial charge is 0.218 e. The number of fused-ring (bicyclic) bond motifs is 4. The Balaban J connectivity index is 1.31. The van der Waals surface area contributed by atoms with Crippen LogP contribution in [-0.2, 0) is 19.1 Å². The number of hydrogen-bond donors (Lipinski definition) is 0. The predicted octanol–water partition coefficient (Wildman–Crippen LogP) is 1.96. The van der Waals surface area contributed by atoms with Gasteiger partial charge in [-0.25, -0.2) is 0 Å². The summed E-state index contributed by atoms with van der Waals surface area (Å²) in [6.45, 7) is 0.502. The van der Waals surface area contributed by atoms with Crippen LogP contribution in [0.1, 0.15) is 38.5 Å². The maximum Gasteiger partial charge on any atom is 0.218 e.